The van der Waals surface area contributed by atoms with E-state index in [1.165, 1.54) is 18.7 Å². The van der Waals surface area contributed by atoms with Crippen molar-refractivity contribution in [1.29, 1.82) is 0 Å². The van der Waals surface area contributed by atoms with Crippen molar-refractivity contribution < 1.29 is 14.2 Å². The van der Waals surface area contributed by atoms with Crippen LogP contribution in [0.1, 0.15) is 23.5 Å². The second-order valence-electron chi connectivity index (χ2n) is 6.07. The van der Waals surface area contributed by atoms with Crippen LogP contribution in [0.5, 0.6) is 5.75 Å². The first kappa shape index (κ1) is 16.0. The molecule has 0 amide bonds. The maximum absolute atomic E-state index is 14.1. The number of hydrogen-bond donors (Lipinski definition) is 1. The number of β-amino-alcohol motifs (C(OH)–C–C–N with tert-alkyl or cyclic N) is 1. The van der Waals surface area contributed by atoms with Gasteiger partial charge in [-0.15, -0.1) is 0 Å². The Morgan fingerprint density at radius 3 is 2.65 bits per heavy atom. The van der Waals surface area contributed by atoms with Gasteiger partial charge in [0.05, 0.1) is 13.2 Å². The number of methoxy groups -OCH3 is 1. The summed E-state index contributed by atoms with van der Waals surface area (Å²) in [6, 6.07) is 15.0. The third kappa shape index (κ3) is 3.71. The Labute approximate surface area is 136 Å². The molecule has 1 aliphatic rings. The quantitative estimate of drug-likeness (QED) is 0.940. The molecule has 2 atom stereocenters. The summed E-state index contributed by atoms with van der Waals surface area (Å²) < 4.78 is 19.1. The van der Waals surface area contributed by atoms with Gasteiger partial charge in [0, 0.05) is 30.6 Å². The number of piperidine rings is 1. The molecule has 0 aliphatic carbocycles. The van der Waals surface area contributed by atoms with E-state index in [0.717, 1.165) is 13.0 Å². The molecule has 23 heavy (non-hydrogen) atoms. The highest BCUT2D eigenvalue weighted by Gasteiger charge is 2.29. The lowest BCUT2D eigenvalue weighted by molar-refractivity contribution is 0.0472. The van der Waals surface area contributed by atoms with E-state index in [9.17, 15) is 9.50 Å². The van der Waals surface area contributed by atoms with Gasteiger partial charge in [-0.3, -0.25) is 4.90 Å². The summed E-state index contributed by atoms with van der Waals surface area (Å²) in [4.78, 5) is 2.11. The average molecular weight is 315 g/mol. The van der Waals surface area contributed by atoms with Crippen molar-refractivity contribution in [1.82, 2.24) is 4.90 Å². The number of benzene rings is 2. The number of nitrogens with zero attached hydrogens (tertiary/aromatic N) is 1. The summed E-state index contributed by atoms with van der Waals surface area (Å²) in [5, 5.41) is 10.5. The largest absolute Gasteiger partial charge is 0.497 e. The zero-order chi connectivity index (χ0) is 16.2. The van der Waals surface area contributed by atoms with Crippen LogP contribution in [0.3, 0.4) is 0 Å². The van der Waals surface area contributed by atoms with E-state index < -0.39 is 6.10 Å². The summed E-state index contributed by atoms with van der Waals surface area (Å²) in [5.41, 5.74) is 1.81. The van der Waals surface area contributed by atoms with E-state index in [-0.39, 0.29) is 11.7 Å². The van der Waals surface area contributed by atoms with Crippen LogP contribution in [-0.2, 0) is 6.54 Å². The summed E-state index contributed by atoms with van der Waals surface area (Å²) in [7, 11) is 1.53. The van der Waals surface area contributed by atoms with Crippen molar-refractivity contribution in [3.05, 3.63) is 65.5 Å². The lowest BCUT2D eigenvalue weighted by Gasteiger charge is -2.36. The average Bonchev–Trinajstić information content (AvgIpc) is 2.57. The fourth-order valence-corrected chi connectivity index (χ4v) is 3.25. The monoisotopic (exact) mass is 315 g/mol. The molecule has 0 saturated carbocycles. The molecule has 3 nitrogen and oxygen atoms in total. The fourth-order valence-electron chi connectivity index (χ4n) is 3.25. The van der Waals surface area contributed by atoms with Gasteiger partial charge in [0.15, 0.2) is 0 Å². The topological polar surface area (TPSA) is 32.7 Å². The first-order valence-electron chi connectivity index (χ1n) is 7.95. The molecule has 1 aliphatic heterocycles. The third-order valence-electron chi connectivity index (χ3n) is 4.55. The second-order valence-corrected chi connectivity index (χ2v) is 6.07. The molecule has 1 heterocycles. The number of halogens is 1. The number of ether oxygens (including phenoxy) is 1. The Balaban J connectivity index is 1.64. The summed E-state index contributed by atoms with van der Waals surface area (Å²) in [5.74, 6) is 0.422. The van der Waals surface area contributed by atoms with Crippen LogP contribution in [0.2, 0.25) is 0 Å². The fraction of sp³-hybridized carbons (Fsp3) is 0.368. The lowest BCUT2D eigenvalue weighted by Crippen LogP contribution is -2.42. The van der Waals surface area contributed by atoms with Crippen molar-refractivity contribution in [2.45, 2.75) is 25.0 Å². The van der Waals surface area contributed by atoms with E-state index in [0.29, 0.717) is 24.4 Å². The minimum absolute atomic E-state index is 0.160. The van der Waals surface area contributed by atoms with Crippen molar-refractivity contribution >= 4 is 0 Å². The number of aliphatic hydroxyl groups excluding tert-OH is 1. The molecule has 2 aromatic carbocycles. The Morgan fingerprint density at radius 2 is 2.00 bits per heavy atom. The first-order valence-corrected chi connectivity index (χ1v) is 7.95. The van der Waals surface area contributed by atoms with Gasteiger partial charge in [-0.05, 0) is 24.6 Å². The Bertz CT molecular complexity index is 647. The molecule has 1 fully saturated rings. The number of likely N-dealkylation sites (tertiary alicyclic amines) is 1. The van der Waals surface area contributed by atoms with Crippen LogP contribution in [0, 0.1) is 5.82 Å². The van der Waals surface area contributed by atoms with Crippen LogP contribution >= 0.6 is 0 Å². The number of rotatable bonds is 4. The van der Waals surface area contributed by atoms with Gasteiger partial charge in [0.25, 0.3) is 0 Å². The Morgan fingerprint density at radius 1 is 1.22 bits per heavy atom. The van der Waals surface area contributed by atoms with Crippen molar-refractivity contribution in [2.75, 3.05) is 20.2 Å². The molecule has 0 spiro atoms. The van der Waals surface area contributed by atoms with Crippen LogP contribution in [0.25, 0.3) is 0 Å². The van der Waals surface area contributed by atoms with Gasteiger partial charge < -0.3 is 9.84 Å². The van der Waals surface area contributed by atoms with E-state index in [4.69, 9.17) is 4.74 Å². The van der Waals surface area contributed by atoms with Gasteiger partial charge in [-0.2, -0.15) is 0 Å². The highest BCUT2D eigenvalue weighted by molar-refractivity contribution is 5.29. The molecule has 2 aromatic rings. The van der Waals surface area contributed by atoms with E-state index in [2.05, 4.69) is 17.0 Å². The second kappa shape index (κ2) is 7.11. The van der Waals surface area contributed by atoms with E-state index in [1.807, 2.05) is 18.2 Å². The van der Waals surface area contributed by atoms with Crippen LogP contribution in [-0.4, -0.2) is 36.3 Å². The van der Waals surface area contributed by atoms with Gasteiger partial charge >= 0.3 is 0 Å². The molecule has 1 N–H and O–H groups in total. The van der Waals surface area contributed by atoms with E-state index >= 15 is 0 Å². The molecule has 4 heteroatoms. The number of hydrogen-bond acceptors (Lipinski definition) is 3. The predicted molar refractivity (Wildman–Crippen MR) is 88.0 cm³/mol. The zero-order valence-electron chi connectivity index (χ0n) is 13.3. The Kier molecular flexibility index (Phi) is 4.94. The van der Waals surface area contributed by atoms with E-state index in [1.54, 1.807) is 12.1 Å². The maximum Gasteiger partial charge on any atom is 0.131 e. The SMILES string of the molecule is COc1ccc(CN2CC[C@@H](c3ccccc3)[C@H](O)C2)c(F)c1. The summed E-state index contributed by atoms with van der Waals surface area (Å²) in [6.45, 7) is 1.92. The van der Waals surface area contributed by atoms with Gasteiger partial charge in [0.1, 0.15) is 11.6 Å². The summed E-state index contributed by atoms with van der Waals surface area (Å²) >= 11 is 0. The third-order valence-corrected chi connectivity index (χ3v) is 4.55. The zero-order valence-corrected chi connectivity index (χ0v) is 13.3. The lowest BCUT2D eigenvalue weighted by atomic mass is 9.87. The minimum Gasteiger partial charge on any atom is -0.497 e. The molecule has 0 unspecified atom stereocenters. The van der Waals surface area contributed by atoms with Crippen molar-refractivity contribution in [3.63, 3.8) is 0 Å². The van der Waals surface area contributed by atoms with Gasteiger partial charge in [0.2, 0.25) is 0 Å². The van der Waals surface area contributed by atoms with Crippen LogP contribution in [0.15, 0.2) is 48.5 Å². The molecular formula is C19H22FNO2. The molecule has 3 rings (SSSR count). The van der Waals surface area contributed by atoms with Crippen LogP contribution in [0.4, 0.5) is 4.39 Å². The number of aliphatic hydroxyl groups is 1. The smallest absolute Gasteiger partial charge is 0.131 e. The molecule has 1 saturated heterocycles. The Hall–Kier alpha value is -1.91. The molecule has 0 bridgehead atoms. The molecule has 0 aromatic heterocycles. The highest BCUT2D eigenvalue weighted by Crippen LogP contribution is 2.29. The van der Waals surface area contributed by atoms with Gasteiger partial charge in [-0.25, -0.2) is 4.39 Å². The standard InChI is InChI=1S/C19H22FNO2/c1-23-16-8-7-15(18(20)11-16)12-21-10-9-17(19(22)13-21)14-5-3-2-4-6-14/h2-8,11,17,19,22H,9-10,12-13H2,1H3/t17-,19+/m0/s1. The normalized spacial score (nSPS) is 22.0. The van der Waals surface area contributed by atoms with Crippen LogP contribution < -0.4 is 4.74 Å². The minimum atomic E-state index is -0.424. The molecule has 122 valence electrons. The first-order chi connectivity index (χ1) is 11.2. The maximum atomic E-state index is 14.1. The molecular weight excluding hydrogens is 293 g/mol. The highest BCUT2D eigenvalue weighted by atomic mass is 19.1. The summed E-state index contributed by atoms with van der Waals surface area (Å²) in [6.07, 6.45) is 0.454. The predicted octanol–water partition coefficient (Wildman–Crippen LogP) is 3.18. The van der Waals surface area contributed by atoms with Gasteiger partial charge in [-0.1, -0.05) is 36.4 Å². The van der Waals surface area contributed by atoms with Crippen molar-refractivity contribution in [2.24, 2.45) is 0 Å². The molecule has 0 radical (unpaired) electrons. The van der Waals surface area contributed by atoms with Crippen molar-refractivity contribution in [3.8, 4) is 5.75 Å².